The molecule has 3 unspecified atom stereocenters. The molecule has 76 valence electrons. The number of carbonyl (C=O) groups is 1. The van der Waals surface area contributed by atoms with E-state index in [1.165, 1.54) is 7.11 Å². The topological polar surface area (TPSA) is 52.3 Å². The monoisotopic (exact) mass is 185 g/mol. The van der Waals surface area contributed by atoms with Crippen LogP contribution in [-0.2, 0) is 9.53 Å². The molecule has 1 aliphatic rings. The van der Waals surface area contributed by atoms with Crippen LogP contribution in [0, 0.1) is 11.8 Å². The molecule has 2 N–H and O–H groups in total. The Morgan fingerprint density at radius 1 is 1.54 bits per heavy atom. The zero-order valence-corrected chi connectivity index (χ0v) is 8.67. The van der Waals surface area contributed by atoms with Crippen LogP contribution in [0.5, 0.6) is 0 Å². The van der Waals surface area contributed by atoms with Crippen molar-refractivity contribution in [1.29, 1.82) is 0 Å². The Kier molecular flexibility index (Phi) is 2.96. The van der Waals surface area contributed by atoms with E-state index in [-0.39, 0.29) is 11.9 Å². The van der Waals surface area contributed by atoms with Crippen molar-refractivity contribution in [3.05, 3.63) is 0 Å². The molecule has 3 nitrogen and oxygen atoms in total. The molecular formula is C10H19NO2. The van der Waals surface area contributed by atoms with Crippen LogP contribution in [0.15, 0.2) is 0 Å². The second kappa shape index (κ2) is 3.66. The van der Waals surface area contributed by atoms with Crippen molar-refractivity contribution in [3.63, 3.8) is 0 Å². The van der Waals surface area contributed by atoms with Gasteiger partial charge in [-0.1, -0.05) is 26.7 Å². The Bertz CT molecular complexity index is 205. The standard InChI is InChI=1S/C10H19NO2/c1-7-5-4-6-10(11,8(7)2)9(12)13-3/h7-8H,4-6,11H2,1-3H3. The number of nitrogens with two attached hydrogens (primary N) is 1. The average Bonchev–Trinajstić information content (AvgIpc) is 2.13. The number of methoxy groups -OCH3 is 1. The maximum absolute atomic E-state index is 11.5. The number of carbonyl (C=O) groups excluding carboxylic acids is 1. The van der Waals surface area contributed by atoms with Crippen molar-refractivity contribution in [2.45, 2.75) is 38.6 Å². The minimum Gasteiger partial charge on any atom is -0.468 e. The van der Waals surface area contributed by atoms with Crippen LogP contribution in [0.2, 0.25) is 0 Å². The predicted octanol–water partition coefficient (Wildman–Crippen LogP) is 1.31. The van der Waals surface area contributed by atoms with Crippen LogP contribution in [0.1, 0.15) is 33.1 Å². The van der Waals surface area contributed by atoms with Gasteiger partial charge in [0.15, 0.2) is 0 Å². The maximum Gasteiger partial charge on any atom is 0.326 e. The summed E-state index contributed by atoms with van der Waals surface area (Å²) in [6.07, 6.45) is 2.94. The van der Waals surface area contributed by atoms with E-state index < -0.39 is 5.54 Å². The second-order valence-electron chi connectivity index (χ2n) is 4.19. The highest BCUT2D eigenvalue weighted by Crippen LogP contribution is 2.36. The SMILES string of the molecule is COC(=O)C1(N)CCCC(C)C1C. The lowest BCUT2D eigenvalue weighted by Crippen LogP contribution is -2.57. The molecule has 0 saturated heterocycles. The molecule has 0 aromatic heterocycles. The van der Waals surface area contributed by atoms with Gasteiger partial charge >= 0.3 is 5.97 Å². The van der Waals surface area contributed by atoms with Gasteiger partial charge in [-0.25, -0.2) is 0 Å². The quantitative estimate of drug-likeness (QED) is 0.627. The molecule has 1 fully saturated rings. The first-order valence-electron chi connectivity index (χ1n) is 4.89. The third-order valence-electron chi connectivity index (χ3n) is 3.48. The van der Waals surface area contributed by atoms with E-state index in [2.05, 4.69) is 6.92 Å². The van der Waals surface area contributed by atoms with Gasteiger partial charge in [-0.05, 0) is 18.3 Å². The van der Waals surface area contributed by atoms with Gasteiger partial charge in [-0.15, -0.1) is 0 Å². The maximum atomic E-state index is 11.5. The lowest BCUT2D eigenvalue weighted by Gasteiger charge is -2.40. The molecule has 0 heterocycles. The van der Waals surface area contributed by atoms with Gasteiger partial charge in [0.05, 0.1) is 7.11 Å². The highest BCUT2D eigenvalue weighted by molar-refractivity contribution is 5.81. The summed E-state index contributed by atoms with van der Waals surface area (Å²) < 4.78 is 4.75. The molecule has 0 amide bonds. The molecule has 0 aromatic rings. The Labute approximate surface area is 79.6 Å². The van der Waals surface area contributed by atoms with E-state index >= 15 is 0 Å². The average molecular weight is 185 g/mol. The molecule has 1 aliphatic carbocycles. The predicted molar refractivity (Wildman–Crippen MR) is 51.1 cm³/mol. The summed E-state index contributed by atoms with van der Waals surface area (Å²) in [7, 11) is 1.41. The first-order valence-corrected chi connectivity index (χ1v) is 4.89. The van der Waals surface area contributed by atoms with Gasteiger partial charge in [0.25, 0.3) is 0 Å². The molecule has 13 heavy (non-hydrogen) atoms. The Morgan fingerprint density at radius 3 is 2.69 bits per heavy atom. The summed E-state index contributed by atoms with van der Waals surface area (Å²) in [5, 5.41) is 0. The van der Waals surface area contributed by atoms with Gasteiger partial charge in [-0.2, -0.15) is 0 Å². The number of hydrogen-bond donors (Lipinski definition) is 1. The lowest BCUT2D eigenvalue weighted by atomic mass is 9.69. The van der Waals surface area contributed by atoms with E-state index in [0.29, 0.717) is 5.92 Å². The van der Waals surface area contributed by atoms with Crippen molar-refractivity contribution in [1.82, 2.24) is 0 Å². The summed E-state index contributed by atoms with van der Waals surface area (Å²) in [6.45, 7) is 4.19. The van der Waals surface area contributed by atoms with Crippen molar-refractivity contribution in [2.24, 2.45) is 17.6 Å². The van der Waals surface area contributed by atoms with E-state index in [1.54, 1.807) is 0 Å². The smallest absolute Gasteiger partial charge is 0.326 e. The van der Waals surface area contributed by atoms with Gasteiger partial charge in [0.1, 0.15) is 5.54 Å². The first-order chi connectivity index (χ1) is 6.02. The summed E-state index contributed by atoms with van der Waals surface area (Å²) in [5.74, 6) is 0.470. The number of esters is 1. The molecule has 1 rings (SSSR count). The summed E-state index contributed by atoms with van der Waals surface area (Å²) >= 11 is 0. The minimum atomic E-state index is -0.744. The summed E-state index contributed by atoms with van der Waals surface area (Å²) in [6, 6.07) is 0. The Hall–Kier alpha value is -0.570. The number of hydrogen-bond acceptors (Lipinski definition) is 3. The van der Waals surface area contributed by atoms with Gasteiger partial charge in [-0.3, -0.25) is 4.79 Å². The fourth-order valence-electron chi connectivity index (χ4n) is 2.18. The van der Waals surface area contributed by atoms with E-state index in [0.717, 1.165) is 19.3 Å². The fraction of sp³-hybridized carbons (Fsp3) is 0.900. The normalized spacial score (nSPS) is 40.0. The second-order valence-corrected chi connectivity index (χ2v) is 4.19. The van der Waals surface area contributed by atoms with Crippen LogP contribution in [0.25, 0.3) is 0 Å². The minimum absolute atomic E-state index is 0.216. The molecule has 3 atom stereocenters. The summed E-state index contributed by atoms with van der Waals surface area (Å²) in [5.41, 5.74) is 5.33. The molecule has 0 spiro atoms. The van der Waals surface area contributed by atoms with Crippen LogP contribution >= 0.6 is 0 Å². The molecule has 3 heteroatoms. The van der Waals surface area contributed by atoms with Crippen molar-refractivity contribution in [2.75, 3.05) is 7.11 Å². The van der Waals surface area contributed by atoms with E-state index in [1.807, 2.05) is 6.92 Å². The van der Waals surface area contributed by atoms with Crippen molar-refractivity contribution < 1.29 is 9.53 Å². The Morgan fingerprint density at radius 2 is 2.15 bits per heavy atom. The largest absolute Gasteiger partial charge is 0.468 e. The van der Waals surface area contributed by atoms with Crippen LogP contribution in [-0.4, -0.2) is 18.6 Å². The molecule has 0 bridgehead atoms. The number of rotatable bonds is 1. The molecule has 0 radical (unpaired) electrons. The molecule has 0 aliphatic heterocycles. The van der Waals surface area contributed by atoms with Gasteiger partial charge in [0.2, 0.25) is 0 Å². The zero-order chi connectivity index (χ0) is 10.1. The fourth-order valence-corrected chi connectivity index (χ4v) is 2.18. The molecule has 0 aromatic carbocycles. The third kappa shape index (κ3) is 1.70. The number of ether oxygens (including phenoxy) is 1. The van der Waals surface area contributed by atoms with Gasteiger partial charge < -0.3 is 10.5 Å². The van der Waals surface area contributed by atoms with Crippen molar-refractivity contribution >= 4 is 5.97 Å². The Balaban J connectivity index is 2.80. The van der Waals surface area contributed by atoms with Crippen LogP contribution < -0.4 is 5.73 Å². The summed E-state index contributed by atoms with van der Waals surface area (Å²) in [4.78, 5) is 11.5. The third-order valence-corrected chi connectivity index (χ3v) is 3.48. The van der Waals surface area contributed by atoms with Crippen LogP contribution in [0.4, 0.5) is 0 Å². The zero-order valence-electron chi connectivity index (χ0n) is 8.67. The highest BCUT2D eigenvalue weighted by Gasteiger charge is 2.45. The lowest BCUT2D eigenvalue weighted by molar-refractivity contribution is -0.151. The van der Waals surface area contributed by atoms with Crippen molar-refractivity contribution in [3.8, 4) is 0 Å². The first kappa shape index (κ1) is 10.5. The highest BCUT2D eigenvalue weighted by atomic mass is 16.5. The van der Waals surface area contributed by atoms with E-state index in [9.17, 15) is 4.79 Å². The molecular weight excluding hydrogens is 166 g/mol. The van der Waals surface area contributed by atoms with Crippen LogP contribution in [0.3, 0.4) is 0 Å². The van der Waals surface area contributed by atoms with E-state index in [4.69, 9.17) is 10.5 Å². The molecule has 1 saturated carbocycles. The van der Waals surface area contributed by atoms with Gasteiger partial charge in [0, 0.05) is 0 Å².